The second kappa shape index (κ2) is 4.27. The number of hydrogen-bond donors (Lipinski definition) is 1. The molecule has 0 radical (unpaired) electrons. The third-order valence-electron chi connectivity index (χ3n) is 1.82. The number of nitrogens with zero attached hydrogens (tertiary/aromatic N) is 2. The molecule has 0 bridgehead atoms. The first-order valence-corrected chi connectivity index (χ1v) is 4.09. The average Bonchev–Trinajstić information content (AvgIpc) is 2.06. The normalized spacial score (nSPS) is 19.6. The molecule has 1 amide bonds. The van der Waals surface area contributed by atoms with E-state index in [-0.39, 0.29) is 0 Å². The van der Waals surface area contributed by atoms with Crippen LogP contribution in [0.3, 0.4) is 0 Å². The van der Waals surface area contributed by atoms with Crippen LogP contribution < -0.4 is 0 Å². The first-order chi connectivity index (χ1) is 5.74. The summed E-state index contributed by atoms with van der Waals surface area (Å²) in [5, 5.41) is 10.4. The molecule has 1 aliphatic rings. The Labute approximate surface area is 71.5 Å². The van der Waals surface area contributed by atoms with Gasteiger partial charge in [-0.2, -0.15) is 5.06 Å². The van der Waals surface area contributed by atoms with E-state index >= 15 is 0 Å². The Kier molecular flexibility index (Phi) is 3.31. The maximum absolute atomic E-state index is 10.5. The van der Waals surface area contributed by atoms with Gasteiger partial charge in [-0.1, -0.05) is 0 Å². The molecule has 1 heterocycles. The summed E-state index contributed by atoms with van der Waals surface area (Å²) in [6.07, 6.45) is -0.842. The molecule has 1 fully saturated rings. The van der Waals surface area contributed by atoms with Gasteiger partial charge in [-0.3, -0.25) is 4.84 Å². The lowest BCUT2D eigenvalue weighted by Gasteiger charge is -2.31. The van der Waals surface area contributed by atoms with E-state index in [0.29, 0.717) is 32.8 Å². The highest BCUT2D eigenvalue weighted by atomic mass is 16.7. The molecule has 70 valence electrons. The predicted octanol–water partition coefficient (Wildman–Crippen LogP) is 0.233. The van der Waals surface area contributed by atoms with Crippen LogP contribution in [-0.2, 0) is 4.84 Å². The lowest BCUT2D eigenvalue weighted by atomic mass is 10.4. The topological polar surface area (TPSA) is 53.0 Å². The third-order valence-corrected chi connectivity index (χ3v) is 1.82. The Bertz CT molecular complexity index is 155. The molecule has 12 heavy (non-hydrogen) atoms. The van der Waals surface area contributed by atoms with Gasteiger partial charge in [-0.15, -0.1) is 0 Å². The Morgan fingerprint density at radius 3 is 2.42 bits per heavy atom. The van der Waals surface area contributed by atoms with Gasteiger partial charge in [-0.25, -0.2) is 4.79 Å². The number of piperazine rings is 1. The molecule has 5 heteroatoms. The zero-order chi connectivity index (χ0) is 8.97. The Morgan fingerprint density at radius 2 is 2.00 bits per heavy atom. The van der Waals surface area contributed by atoms with Crippen molar-refractivity contribution in [1.29, 1.82) is 0 Å². The summed E-state index contributed by atoms with van der Waals surface area (Å²) in [4.78, 5) is 17.1. The zero-order valence-electron chi connectivity index (χ0n) is 7.19. The molecule has 5 nitrogen and oxygen atoms in total. The van der Waals surface area contributed by atoms with Gasteiger partial charge in [0.1, 0.15) is 0 Å². The maximum Gasteiger partial charge on any atom is 0.407 e. The molecule has 0 aromatic rings. The van der Waals surface area contributed by atoms with Gasteiger partial charge in [-0.05, 0) is 6.92 Å². The molecular formula is C7H14N2O3. The van der Waals surface area contributed by atoms with Crippen LogP contribution in [0.5, 0.6) is 0 Å². The maximum atomic E-state index is 10.5. The quantitative estimate of drug-likeness (QED) is 0.651. The second-order valence-corrected chi connectivity index (χ2v) is 2.62. The average molecular weight is 174 g/mol. The molecule has 0 aromatic heterocycles. The number of hydroxylamine groups is 2. The molecule has 1 aliphatic heterocycles. The fourth-order valence-electron chi connectivity index (χ4n) is 1.19. The predicted molar refractivity (Wildman–Crippen MR) is 42.8 cm³/mol. The minimum absolute atomic E-state index is 0.537. The number of carbonyl (C=O) groups is 1. The molecule has 1 rings (SSSR count). The Morgan fingerprint density at radius 1 is 1.42 bits per heavy atom. The van der Waals surface area contributed by atoms with Crippen LogP contribution >= 0.6 is 0 Å². The number of carboxylic acid groups (broad SMARTS) is 1. The number of rotatable bonds is 2. The molecule has 1 N–H and O–H groups in total. The van der Waals surface area contributed by atoms with Crippen molar-refractivity contribution >= 4 is 6.09 Å². The van der Waals surface area contributed by atoms with Crippen molar-refractivity contribution < 1.29 is 14.7 Å². The van der Waals surface area contributed by atoms with Crippen molar-refractivity contribution in [2.24, 2.45) is 0 Å². The molecule has 0 spiro atoms. The van der Waals surface area contributed by atoms with E-state index in [0.717, 1.165) is 0 Å². The fraction of sp³-hybridized carbons (Fsp3) is 0.857. The Balaban J connectivity index is 2.25. The van der Waals surface area contributed by atoms with E-state index in [4.69, 9.17) is 9.94 Å². The standard InChI is InChI=1S/C7H14N2O3/c1-2-12-9-5-3-8(4-6-9)7(10)11/h2-6H2,1H3,(H,10,11). The summed E-state index contributed by atoms with van der Waals surface area (Å²) in [7, 11) is 0. The smallest absolute Gasteiger partial charge is 0.407 e. The molecule has 0 aromatic carbocycles. The summed E-state index contributed by atoms with van der Waals surface area (Å²) >= 11 is 0. The highest BCUT2D eigenvalue weighted by Crippen LogP contribution is 2.01. The van der Waals surface area contributed by atoms with E-state index in [2.05, 4.69) is 0 Å². The van der Waals surface area contributed by atoms with Gasteiger partial charge in [0.15, 0.2) is 0 Å². The summed E-state index contributed by atoms with van der Waals surface area (Å²) < 4.78 is 0. The van der Waals surface area contributed by atoms with E-state index in [1.54, 1.807) is 5.06 Å². The van der Waals surface area contributed by atoms with Gasteiger partial charge in [0.05, 0.1) is 6.61 Å². The highest BCUT2D eigenvalue weighted by molar-refractivity contribution is 5.65. The molecule has 0 atom stereocenters. The van der Waals surface area contributed by atoms with E-state index in [9.17, 15) is 4.79 Å². The van der Waals surface area contributed by atoms with Crippen molar-refractivity contribution in [3.05, 3.63) is 0 Å². The van der Waals surface area contributed by atoms with Crippen LogP contribution in [0.1, 0.15) is 6.92 Å². The van der Waals surface area contributed by atoms with Gasteiger partial charge in [0, 0.05) is 26.2 Å². The van der Waals surface area contributed by atoms with E-state index in [1.807, 2.05) is 6.92 Å². The molecule has 1 saturated heterocycles. The second-order valence-electron chi connectivity index (χ2n) is 2.62. The minimum Gasteiger partial charge on any atom is -0.465 e. The van der Waals surface area contributed by atoms with Crippen molar-refractivity contribution in [3.63, 3.8) is 0 Å². The van der Waals surface area contributed by atoms with Crippen LogP contribution in [0.4, 0.5) is 4.79 Å². The third kappa shape index (κ3) is 2.35. The summed E-state index contributed by atoms with van der Waals surface area (Å²) in [6, 6.07) is 0. The van der Waals surface area contributed by atoms with Gasteiger partial charge < -0.3 is 10.0 Å². The fourth-order valence-corrected chi connectivity index (χ4v) is 1.19. The van der Waals surface area contributed by atoms with Crippen LogP contribution in [0.2, 0.25) is 0 Å². The van der Waals surface area contributed by atoms with Gasteiger partial charge >= 0.3 is 6.09 Å². The molecular weight excluding hydrogens is 160 g/mol. The van der Waals surface area contributed by atoms with Gasteiger partial charge in [0.25, 0.3) is 0 Å². The van der Waals surface area contributed by atoms with Crippen LogP contribution in [-0.4, -0.2) is 53.9 Å². The molecule has 0 unspecified atom stereocenters. The SMILES string of the molecule is CCON1CCN(C(=O)O)CC1. The highest BCUT2D eigenvalue weighted by Gasteiger charge is 2.19. The molecule has 0 saturated carbocycles. The summed E-state index contributed by atoms with van der Waals surface area (Å²) in [5.41, 5.74) is 0. The lowest BCUT2D eigenvalue weighted by molar-refractivity contribution is -0.169. The van der Waals surface area contributed by atoms with Crippen LogP contribution in [0, 0.1) is 0 Å². The largest absolute Gasteiger partial charge is 0.465 e. The Hall–Kier alpha value is -0.810. The first kappa shape index (κ1) is 9.28. The minimum atomic E-state index is -0.842. The van der Waals surface area contributed by atoms with Crippen molar-refractivity contribution in [3.8, 4) is 0 Å². The first-order valence-electron chi connectivity index (χ1n) is 4.09. The number of amides is 1. The van der Waals surface area contributed by atoms with Crippen molar-refractivity contribution in [2.75, 3.05) is 32.8 Å². The zero-order valence-corrected chi connectivity index (χ0v) is 7.19. The van der Waals surface area contributed by atoms with Gasteiger partial charge in [0.2, 0.25) is 0 Å². The van der Waals surface area contributed by atoms with Crippen molar-refractivity contribution in [1.82, 2.24) is 9.96 Å². The van der Waals surface area contributed by atoms with Crippen LogP contribution in [0.25, 0.3) is 0 Å². The molecule has 0 aliphatic carbocycles. The van der Waals surface area contributed by atoms with Crippen LogP contribution in [0.15, 0.2) is 0 Å². The number of hydrogen-bond acceptors (Lipinski definition) is 3. The summed E-state index contributed by atoms with van der Waals surface area (Å²) in [5.74, 6) is 0. The van der Waals surface area contributed by atoms with E-state index in [1.165, 1.54) is 4.90 Å². The van der Waals surface area contributed by atoms with Crippen molar-refractivity contribution in [2.45, 2.75) is 6.92 Å². The summed E-state index contributed by atoms with van der Waals surface area (Å²) in [6.45, 7) is 4.97. The lowest BCUT2D eigenvalue weighted by Crippen LogP contribution is -2.48. The monoisotopic (exact) mass is 174 g/mol. The van der Waals surface area contributed by atoms with E-state index < -0.39 is 6.09 Å².